The minimum absolute atomic E-state index is 0.0328. The smallest absolute Gasteiger partial charge is 0.291 e. The number of allylic oxidation sites excluding steroid dienone is 1. The van der Waals surface area contributed by atoms with Gasteiger partial charge in [0.15, 0.2) is 11.3 Å². The molecule has 0 aliphatic heterocycles. The van der Waals surface area contributed by atoms with Gasteiger partial charge in [0.25, 0.3) is 5.82 Å². The number of aromatic nitrogens is 1. The van der Waals surface area contributed by atoms with Gasteiger partial charge < -0.3 is 10.2 Å². The van der Waals surface area contributed by atoms with Gasteiger partial charge in [-0.15, -0.1) is 0 Å². The first-order chi connectivity index (χ1) is 13.9. The van der Waals surface area contributed by atoms with E-state index >= 15 is 0 Å². The number of aryl methyl sites for hydroxylation is 1. The van der Waals surface area contributed by atoms with Gasteiger partial charge in [-0.2, -0.15) is 15.8 Å². The summed E-state index contributed by atoms with van der Waals surface area (Å²) < 4.78 is 5.80. The van der Waals surface area contributed by atoms with Crippen LogP contribution in [0.4, 0.5) is 11.5 Å². The Labute approximate surface area is 171 Å². The molecule has 5 N–H and O–H groups in total. The number of nitriles is 3. The van der Waals surface area contributed by atoms with Gasteiger partial charge in [-0.25, -0.2) is 4.98 Å². The quantitative estimate of drug-likeness (QED) is 0.638. The maximum Gasteiger partial charge on any atom is 0.291 e. The van der Waals surface area contributed by atoms with Crippen LogP contribution in [0.25, 0.3) is 23.0 Å². The van der Waals surface area contributed by atoms with E-state index in [0.29, 0.717) is 16.5 Å². The van der Waals surface area contributed by atoms with E-state index in [0.717, 1.165) is 11.1 Å². The third kappa shape index (κ3) is 3.61. The lowest BCUT2D eigenvalue weighted by Gasteiger charge is -2.05. The maximum atomic E-state index is 9.61. The second-order valence-corrected chi connectivity index (χ2v) is 6.54. The first-order valence-electron chi connectivity index (χ1n) is 8.32. The molecular formula is C21H14ClN6O+. The highest BCUT2D eigenvalue weighted by molar-refractivity contribution is 6.31. The van der Waals surface area contributed by atoms with Crippen molar-refractivity contribution in [2.45, 2.75) is 6.92 Å². The van der Waals surface area contributed by atoms with Crippen molar-refractivity contribution < 1.29 is 9.40 Å². The fourth-order valence-electron chi connectivity index (χ4n) is 2.74. The Morgan fingerprint density at radius 2 is 1.83 bits per heavy atom. The van der Waals surface area contributed by atoms with Gasteiger partial charge in [0.1, 0.15) is 40.9 Å². The Kier molecular flexibility index (Phi) is 5.23. The van der Waals surface area contributed by atoms with E-state index in [9.17, 15) is 10.5 Å². The molecule has 0 aliphatic carbocycles. The molecule has 29 heavy (non-hydrogen) atoms. The summed E-state index contributed by atoms with van der Waals surface area (Å²) in [7, 11) is 0. The van der Waals surface area contributed by atoms with Crippen LogP contribution in [0.1, 0.15) is 28.1 Å². The molecular weight excluding hydrogens is 388 g/mol. The standard InChI is InChI=1S/C21H13ClN6O/c1-11-2-3-12(7-17(11)22)18-5-4-14(29-18)6-13(8-23)20-15(9-24)19(26)16(10-25)21(27)28-20/h2-7H,1H3,(H4,26,27,28)/p+1/b13-6+. The Balaban J connectivity index is 2.08. The number of pyridine rings is 1. The van der Waals surface area contributed by atoms with Gasteiger partial charge in [0.05, 0.1) is 5.69 Å². The number of nitrogens with zero attached hydrogens (tertiary/aromatic N) is 3. The van der Waals surface area contributed by atoms with E-state index in [1.54, 1.807) is 18.2 Å². The molecule has 0 amide bonds. The van der Waals surface area contributed by atoms with Crippen LogP contribution >= 0.6 is 11.6 Å². The molecule has 0 saturated carbocycles. The van der Waals surface area contributed by atoms with Crippen molar-refractivity contribution in [2.75, 3.05) is 11.5 Å². The summed E-state index contributed by atoms with van der Waals surface area (Å²) in [6.45, 7) is 1.90. The number of nitrogens with one attached hydrogen (secondary N) is 1. The lowest BCUT2D eigenvalue weighted by Crippen LogP contribution is -2.21. The molecule has 140 valence electrons. The average molecular weight is 402 g/mol. The second-order valence-electron chi connectivity index (χ2n) is 6.14. The fourth-order valence-corrected chi connectivity index (χ4v) is 2.92. The number of benzene rings is 1. The van der Waals surface area contributed by atoms with E-state index in [1.807, 2.05) is 37.3 Å². The number of furan rings is 1. The molecule has 8 heteroatoms. The van der Waals surface area contributed by atoms with Crippen molar-refractivity contribution in [3.8, 4) is 29.5 Å². The summed E-state index contributed by atoms with van der Waals surface area (Å²) in [6.07, 6.45) is 1.46. The second kappa shape index (κ2) is 7.78. The summed E-state index contributed by atoms with van der Waals surface area (Å²) in [5.74, 6) is 0.917. The number of nitrogen functional groups attached to an aromatic ring is 2. The van der Waals surface area contributed by atoms with E-state index < -0.39 is 0 Å². The highest BCUT2D eigenvalue weighted by Gasteiger charge is 2.23. The van der Waals surface area contributed by atoms with Gasteiger partial charge >= 0.3 is 0 Å². The number of halogens is 1. The van der Waals surface area contributed by atoms with Crippen molar-refractivity contribution >= 4 is 34.8 Å². The molecule has 0 unspecified atom stereocenters. The van der Waals surface area contributed by atoms with Crippen LogP contribution in [0.5, 0.6) is 0 Å². The largest absolute Gasteiger partial charge is 0.457 e. The molecule has 7 nitrogen and oxygen atoms in total. The predicted octanol–water partition coefficient (Wildman–Crippen LogP) is 3.69. The van der Waals surface area contributed by atoms with E-state index in [4.69, 9.17) is 32.7 Å². The van der Waals surface area contributed by atoms with Crippen molar-refractivity contribution in [1.82, 2.24) is 0 Å². The summed E-state index contributed by atoms with van der Waals surface area (Å²) in [4.78, 5) is 2.71. The van der Waals surface area contributed by atoms with Crippen LogP contribution in [-0.4, -0.2) is 0 Å². The lowest BCUT2D eigenvalue weighted by atomic mass is 10.0. The third-order valence-electron chi connectivity index (χ3n) is 4.30. The number of hydrogen-bond acceptors (Lipinski definition) is 6. The molecule has 0 radical (unpaired) electrons. The molecule has 0 fully saturated rings. The Bertz CT molecular complexity index is 1280. The molecule has 3 aromatic rings. The SMILES string of the molecule is Cc1ccc(-c2ccc(/C=C(\C#N)c3[nH+]c(N)c(C#N)c(N)c3C#N)o2)cc1Cl. The van der Waals surface area contributed by atoms with Crippen LogP contribution in [0, 0.1) is 40.9 Å². The molecule has 2 heterocycles. The van der Waals surface area contributed by atoms with Crippen LogP contribution in [0.3, 0.4) is 0 Å². The summed E-state index contributed by atoms with van der Waals surface area (Å²) in [5, 5.41) is 28.8. The van der Waals surface area contributed by atoms with Crippen molar-refractivity contribution in [2.24, 2.45) is 0 Å². The van der Waals surface area contributed by atoms with E-state index in [1.165, 1.54) is 6.08 Å². The van der Waals surface area contributed by atoms with Crippen molar-refractivity contribution in [1.29, 1.82) is 15.8 Å². The van der Waals surface area contributed by atoms with Crippen LogP contribution in [0.15, 0.2) is 34.7 Å². The predicted molar refractivity (Wildman–Crippen MR) is 109 cm³/mol. The van der Waals surface area contributed by atoms with Crippen LogP contribution in [0.2, 0.25) is 5.02 Å². The molecule has 0 spiro atoms. The van der Waals surface area contributed by atoms with Crippen molar-refractivity contribution in [3.05, 3.63) is 63.5 Å². The summed E-state index contributed by atoms with van der Waals surface area (Å²) >= 11 is 6.17. The minimum atomic E-state index is -0.0863. The average Bonchev–Trinajstić information content (AvgIpc) is 3.17. The normalized spacial score (nSPS) is 10.8. The summed E-state index contributed by atoms with van der Waals surface area (Å²) in [6, 6.07) is 14.7. The highest BCUT2D eigenvalue weighted by atomic mass is 35.5. The zero-order valence-electron chi connectivity index (χ0n) is 15.2. The van der Waals surface area contributed by atoms with Gasteiger partial charge in [0, 0.05) is 16.7 Å². The molecule has 0 bridgehead atoms. The van der Waals surface area contributed by atoms with Gasteiger partial charge in [0.2, 0.25) is 0 Å². The number of rotatable bonds is 3. The first-order valence-corrected chi connectivity index (χ1v) is 8.70. The number of hydrogen-bond donors (Lipinski definition) is 2. The molecule has 1 aromatic carbocycles. The topological polar surface area (TPSA) is 151 Å². The molecule has 0 saturated heterocycles. The van der Waals surface area contributed by atoms with Gasteiger partial charge in [-0.3, -0.25) is 5.73 Å². The first kappa shape index (κ1) is 19.5. The highest BCUT2D eigenvalue weighted by Crippen LogP contribution is 2.30. The Hall–Kier alpha value is -4.25. The van der Waals surface area contributed by atoms with Gasteiger partial charge in [-0.05, 0) is 30.7 Å². The van der Waals surface area contributed by atoms with Crippen LogP contribution in [-0.2, 0) is 0 Å². The van der Waals surface area contributed by atoms with Gasteiger partial charge in [-0.1, -0.05) is 23.7 Å². The summed E-state index contributed by atoms with van der Waals surface area (Å²) in [5.41, 5.74) is 13.4. The van der Waals surface area contributed by atoms with Crippen molar-refractivity contribution in [3.63, 3.8) is 0 Å². The van der Waals surface area contributed by atoms with Crippen LogP contribution < -0.4 is 16.5 Å². The zero-order valence-corrected chi connectivity index (χ0v) is 16.0. The fraction of sp³-hybridized carbons (Fsp3) is 0.0476. The third-order valence-corrected chi connectivity index (χ3v) is 4.71. The number of anilines is 2. The number of nitrogens with two attached hydrogens (primary N) is 2. The molecule has 0 atom stereocenters. The molecule has 2 aromatic heterocycles. The zero-order chi connectivity index (χ0) is 21.1. The number of H-pyrrole nitrogens is 1. The van der Waals surface area contributed by atoms with E-state index in [2.05, 4.69) is 4.98 Å². The Morgan fingerprint density at radius 1 is 1.10 bits per heavy atom. The van der Waals surface area contributed by atoms with E-state index in [-0.39, 0.29) is 33.9 Å². The lowest BCUT2D eigenvalue weighted by molar-refractivity contribution is -0.364. The monoisotopic (exact) mass is 401 g/mol. The Morgan fingerprint density at radius 3 is 2.45 bits per heavy atom. The maximum absolute atomic E-state index is 9.61. The minimum Gasteiger partial charge on any atom is -0.457 e. The number of aromatic amines is 1. The molecule has 3 rings (SSSR count). The molecule has 0 aliphatic rings.